The predicted molar refractivity (Wildman–Crippen MR) is 85.9 cm³/mol. The van der Waals surface area contributed by atoms with E-state index in [1.165, 1.54) is 12.1 Å². The highest BCUT2D eigenvalue weighted by Crippen LogP contribution is 2.32. The van der Waals surface area contributed by atoms with Crippen molar-refractivity contribution in [3.05, 3.63) is 64.9 Å². The minimum absolute atomic E-state index is 0.301. The molecule has 1 aliphatic heterocycles. The van der Waals surface area contributed by atoms with Crippen LogP contribution in [0.2, 0.25) is 5.02 Å². The molecule has 0 aliphatic carbocycles. The van der Waals surface area contributed by atoms with Gasteiger partial charge in [0.15, 0.2) is 0 Å². The molecule has 0 atom stereocenters. The lowest BCUT2D eigenvalue weighted by Crippen LogP contribution is -2.30. The number of oxazole rings is 1. The first kappa shape index (κ1) is 14.2. The smallest absolute Gasteiger partial charge is 0.245 e. The van der Waals surface area contributed by atoms with Crippen LogP contribution in [-0.4, -0.2) is 16.5 Å². The number of fused-ring (bicyclic) bond motifs is 1. The van der Waals surface area contributed by atoms with E-state index >= 15 is 0 Å². The molecule has 3 heterocycles. The van der Waals surface area contributed by atoms with Gasteiger partial charge in [-0.05, 0) is 30.3 Å². The quantitative estimate of drug-likeness (QED) is 0.710. The first-order chi connectivity index (χ1) is 11.2. The van der Waals surface area contributed by atoms with Crippen LogP contribution in [0, 0.1) is 5.82 Å². The van der Waals surface area contributed by atoms with Gasteiger partial charge in [0.1, 0.15) is 23.0 Å². The van der Waals surface area contributed by atoms with Crippen LogP contribution >= 0.6 is 11.6 Å². The van der Waals surface area contributed by atoms with Crippen molar-refractivity contribution in [3.63, 3.8) is 0 Å². The van der Waals surface area contributed by atoms with Crippen LogP contribution in [0.15, 0.2) is 47.0 Å². The van der Waals surface area contributed by atoms with Gasteiger partial charge in [-0.25, -0.2) is 9.37 Å². The zero-order valence-corrected chi connectivity index (χ0v) is 12.9. The normalized spacial score (nSPS) is 13.9. The first-order valence-electron chi connectivity index (χ1n) is 7.31. The number of anilines is 1. The maximum Gasteiger partial charge on any atom is 0.245 e. The number of aromatic nitrogens is 2. The van der Waals surface area contributed by atoms with Gasteiger partial charge >= 0.3 is 0 Å². The lowest BCUT2D eigenvalue weighted by atomic mass is 10.1. The van der Waals surface area contributed by atoms with Gasteiger partial charge in [-0.2, -0.15) is 0 Å². The van der Waals surface area contributed by atoms with E-state index in [9.17, 15) is 4.39 Å². The molecule has 0 bridgehead atoms. The number of halogens is 2. The Morgan fingerprint density at radius 1 is 1.22 bits per heavy atom. The molecule has 1 aromatic carbocycles. The van der Waals surface area contributed by atoms with E-state index in [2.05, 4.69) is 9.97 Å². The maximum atomic E-state index is 13.5. The van der Waals surface area contributed by atoms with Gasteiger partial charge in [-0.1, -0.05) is 17.7 Å². The van der Waals surface area contributed by atoms with Crippen LogP contribution in [0.25, 0.3) is 11.6 Å². The van der Waals surface area contributed by atoms with Crippen molar-refractivity contribution in [3.8, 4) is 11.6 Å². The molecule has 4 rings (SSSR count). The lowest BCUT2D eigenvalue weighted by Gasteiger charge is -2.28. The molecule has 23 heavy (non-hydrogen) atoms. The molecule has 0 N–H and O–H groups in total. The van der Waals surface area contributed by atoms with Crippen molar-refractivity contribution in [1.29, 1.82) is 0 Å². The Bertz CT molecular complexity index is 850. The van der Waals surface area contributed by atoms with E-state index in [4.69, 9.17) is 16.0 Å². The molecule has 1 aliphatic rings. The highest BCUT2D eigenvalue weighted by atomic mass is 35.5. The SMILES string of the molecule is Fc1ccc(Cl)c(N2CCc3oc(-c4ccccn4)nc3C2)c1. The highest BCUT2D eigenvalue weighted by Gasteiger charge is 2.24. The van der Waals surface area contributed by atoms with Gasteiger partial charge in [-0.15, -0.1) is 0 Å². The zero-order chi connectivity index (χ0) is 15.8. The molecule has 0 radical (unpaired) electrons. The van der Waals surface area contributed by atoms with Crippen molar-refractivity contribution >= 4 is 17.3 Å². The third-order valence-corrected chi connectivity index (χ3v) is 4.18. The highest BCUT2D eigenvalue weighted by molar-refractivity contribution is 6.33. The molecule has 0 amide bonds. The topological polar surface area (TPSA) is 42.2 Å². The fraction of sp³-hybridized carbons (Fsp3) is 0.176. The summed E-state index contributed by atoms with van der Waals surface area (Å²) < 4.78 is 19.3. The van der Waals surface area contributed by atoms with E-state index in [-0.39, 0.29) is 5.82 Å². The fourth-order valence-corrected chi connectivity index (χ4v) is 2.97. The van der Waals surface area contributed by atoms with Crippen molar-refractivity contribution < 1.29 is 8.81 Å². The molecule has 0 unspecified atom stereocenters. The van der Waals surface area contributed by atoms with Gasteiger partial charge in [-0.3, -0.25) is 4.98 Å². The third kappa shape index (κ3) is 2.68. The summed E-state index contributed by atoms with van der Waals surface area (Å²) in [5.74, 6) is 1.07. The molecular formula is C17H13ClFN3O. The average Bonchev–Trinajstić information content (AvgIpc) is 3.01. The molecule has 0 fully saturated rings. The third-order valence-electron chi connectivity index (χ3n) is 3.86. The number of pyridine rings is 1. The van der Waals surface area contributed by atoms with E-state index in [0.717, 1.165) is 11.5 Å². The number of hydrogen-bond donors (Lipinski definition) is 0. The Morgan fingerprint density at radius 2 is 2.13 bits per heavy atom. The minimum atomic E-state index is -0.301. The summed E-state index contributed by atoms with van der Waals surface area (Å²) in [7, 11) is 0. The van der Waals surface area contributed by atoms with Crippen LogP contribution in [0.1, 0.15) is 11.5 Å². The molecule has 3 aromatic rings. The molecule has 2 aromatic heterocycles. The standard InChI is InChI=1S/C17H13ClFN3O/c18-12-5-4-11(19)9-15(12)22-8-6-16-14(10-22)21-17(23-16)13-3-1-2-7-20-13/h1-5,7,9H,6,8,10H2. The van der Waals surface area contributed by atoms with Crippen LogP contribution in [0.3, 0.4) is 0 Å². The Kier molecular flexibility index (Phi) is 3.50. The van der Waals surface area contributed by atoms with E-state index < -0.39 is 0 Å². The maximum absolute atomic E-state index is 13.5. The molecule has 4 nitrogen and oxygen atoms in total. The van der Waals surface area contributed by atoms with Crippen LogP contribution in [0.5, 0.6) is 0 Å². The lowest BCUT2D eigenvalue weighted by molar-refractivity contribution is 0.498. The Hall–Kier alpha value is -2.40. The summed E-state index contributed by atoms with van der Waals surface area (Å²) in [4.78, 5) is 10.8. The second-order valence-electron chi connectivity index (χ2n) is 5.37. The summed E-state index contributed by atoms with van der Waals surface area (Å²) in [6, 6.07) is 9.98. The van der Waals surface area contributed by atoms with Crippen LogP contribution in [0.4, 0.5) is 10.1 Å². The summed E-state index contributed by atoms with van der Waals surface area (Å²) in [5, 5.41) is 0.531. The molecular weight excluding hydrogens is 317 g/mol. The van der Waals surface area contributed by atoms with E-state index in [0.29, 0.717) is 41.8 Å². The van der Waals surface area contributed by atoms with Crippen molar-refractivity contribution in [2.75, 3.05) is 11.4 Å². The molecule has 0 saturated heterocycles. The molecule has 116 valence electrons. The average molecular weight is 330 g/mol. The Morgan fingerprint density at radius 3 is 2.96 bits per heavy atom. The second-order valence-corrected chi connectivity index (χ2v) is 5.78. The zero-order valence-electron chi connectivity index (χ0n) is 12.2. The second kappa shape index (κ2) is 5.66. The van der Waals surface area contributed by atoms with Crippen molar-refractivity contribution in [1.82, 2.24) is 9.97 Å². The number of hydrogen-bond acceptors (Lipinski definition) is 4. The van der Waals surface area contributed by atoms with Gasteiger partial charge in [0.05, 0.1) is 17.3 Å². The van der Waals surface area contributed by atoms with Gasteiger partial charge in [0, 0.05) is 19.2 Å². The summed E-state index contributed by atoms with van der Waals surface area (Å²) in [6.45, 7) is 1.24. The monoisotopic (exact) mass is 329 g/mol. The Balaban J connectivity index is 1.65. The summed E-state index contributed by atoms with van der Waals surface area (Å²) in [5.41, 5.74) is 2.23. The van der Waals surface area contributed by atoms with Gasteiger partial charge in [0.25, 0.3) is 0 Å². The number of nitrogens with zero attached hydrogens (tertiary/aromatic N) is 3. The first-order valence-corrected chi connectivity index (χ1v) is 7.68. The predicted octanol–water partition coefficient (Wildman–Crippen LogP) is 4.09. The summed E-state index contributed by atoms with van der Waals surface area (Å²) >= 11 is 6.20. The number of rotatable bonds is 2. The largest absolute Gasteiger partial charge is 0.439 e. The molecule has 0 spiro atoms. The number of benzene rings is 1. The fourth-order valence-electron chi connectivity index (χ4n) is 2.73. The van der Waals surface area contributed by atoms with Crippen molar-refractivity contribution in [2.45, 2.75) is 13.0 Å². The Labute approximate surface area is 137 Å². The van der Waals surface area contributed by atoms with Crippen LogP contribution < -0.4 is 4.90 Å². The minimum Gasteiger partial charge on any atom is -0.439 e. The van der Waals surface area contributed by atoms with Gasteiger partial charge in [0.2, 0.25) is 5.89 Å². The van der Waals surface area contributed by atoms with Crippen molar-refractivity contribution in [2.24, 2.45) is 0 Å². The molecule has 0 saturated carbocycles. The van der Waals surface area contributed by atoms with E-state index in [1.54, 1.807) is 12.3 Å². The van der Waals surface area contributed by atoms with Gasteiger partial charge < -0.3 is 9.32 Å². The van der Waals surface area contributed by atoms with E-state index in [1.807, 2.05) is 23.1 Å². The van der Waals surface area contributed by atoms with Crippen LogP contribution in [-0.2, 0) is 13.0 Å². The summed E-state index contributed by atoms with van der Waals surface area (Å²) in [6.07, 6.45) is 2.40. The molecule has 6 heteroatoms.